The second-order valence-electron chi connectivity index (χ2n) is 7.79. The fourth-order valence-electron chi connectivity index (χ4n) is 4.39. The van der Waals surface area contributed by atoms with Crippen LogP contribution >= 0.6 is 0 Å². The van der Waals surface area contributed by atoms with Gasteiger partial charge in [-0.25, -0.2) is 0 Å². The maximum absolute atomic E-state index is 13.0. The van der Waals surface area contributed by atoms with E-state index >= 15 is 0 Å². The summed E-state index contributed by atoms with van der Waals surface area (Å²) in [7, 11) is 1.66. The highest BCUT2D eigenvalue weighted by Crippen LogP contribution is 2.35. The minimum Gasteiger partial charge on any atom is -0.495 e. The van der Waals surface area contributed by atoms with Gasteiger partial charge in [0, 0.05) is 44.5 Å². The Morgan fingerprint density at radius 1 is 1.14 bits per heavy atom. The summed E-state index contributed by atoms with van der Waals surface area (Å²) in [6, 6.07) is 5.78. The average molecular weight is 390 g/mol. The zero-order valence-electron chi connectivity index (χ0n) is 16.6. The lowest BCUT2D eigenvalue weighted by atomic mass is 9.84. The van der Waals surface area contributed by atoms with E-state index in [9.17, 15) is 4.79 Å². The van der Waals surface area contributed by atoms with Crippen LogP contribution in [0.1, 0.15) is 36.0 Å². The summed E-state index contributed by atoms with van der Waals surface area (Å²) in [4.78, 5) is 15.2. The first-order chi connectivity index (χ1) is 13.7. The van der Waals surface area contributed by atoms with Crippen molar-refractivity contribution in [2.24, 2.45) is 0 Å². The number of hydrogen-bond acceptors (Lipinski definition) is 6. The molecule has 1 N–H and O–H groups in total. The molecule has 154 valence electrons. The van der Waals surface area contributed by atoms with Crippen molar-refractivity contribution in [3.63, 3.8) is 0 Å². The van der Waals surface area contributed by atoms with Crippen LogP contribution in [-0.2, 0) is 14.2 Å². The summed E-state index contributed by atoms with van der Waals surface area (Å²) in [5.74, 6) is 0.747. The molecule has 7 heteroatoms. The molecule has 3 heterocycles. The Labute approximate surface area is 166 Å². The number of amides is 1. The van der Waals surface area contributed by atoms with E-state index in [-0.39, 0.29) is 17.6 Å². The van der Waals surface area contributed by atoms with E-state index < -0.39 is 0 Å². The van der Waals surface area contributed by atoms with Gasteiger partial charge in [0.15, 0.2) is 0 Å². The van der Waals surface area contributed by atoms with Gasteiger partial charge < -0.3 is 29.2 Å². The zero-order valence-corrected chi connectivity index (χ0v) is 16.6. The zero-order chi connectivity index (χ0) is 19.4. The molecule has 0 saturated carbocycles. The number of benzene rings is 1. The highest BCUT2D eigenvalue weighted by Gasteiger charge is 2.39. The van der Waals surface area contributed by atoms with Crippen LogP contribution in [0.4, 0.5) is 5.69 Å². The number of nitrogens with one attached hydrogen (secondary N) is 1. The monoisotopic (exact) mass is 390 g/mol. The Morgan fingerprint density at radius 3 is 2.64 bits per heavy atom. The molecule has 3 aliphatic rings. The molecule has 3 saturated heterocycles. The van der Waals surface area contributed by atoms with Crippen LogP contribution in [0.2, 0.25) is 0 Å². The third kappa shape index (κ3) is 4.26. The summed E-state index contributed by atoms with van der Waals surface area (Å²) >= 11 is 0. The molecule has 0 bridgehead atoms. The largest absolute Gasteiger partial charge is 0.495 e. The molecule has 0 aliphatic carbocycles. The van der Waals surface area contributed by atoms with Crippen molar-refractivity contribution in [1.29, 1.82) is 0 Å². The Balaban J connectivity index is 1.45. The molecule has 4 rings (SSSR count). The van der Waals surface area contributed by atoms with E-state index in [0.29, 0.717) is 25.4 Å². The van der Waals surface area contributed by atoms with Crippen molar-refractivity contribution in [2.75, 3.05) is 58.1 Å². The molecule has 1 atom stereocenters. The number of nitrogens with zero attached hydrogens (tertiary/aromatic N) is 1. The molecular formula is C21H30N2O5. The molecule has 1 aromatic rings. The maximum Gasteiger partial charge on any atom is 0.251 e. The Kier molecular flexibility index (Phi) is 6.04. The minimum absolute atomic E-state index is 0.0359. The third-order valence-electron chi connectivity index (χ3n) is 6.03. The number of carbonyl (C=O) groups excluding carboxylic acids is 1. The Hall–Kier alpha value is -1.83. The van der Waals surface area contributed by atoms with Crippen molar-refractivity contribution in [2.45, 2.75) is 37.3 Å². The molecule has 1 aromatic carbocycles. The molecule has 1 unspecified atom stereocenters. The standard InChI is InChI=1S/C21H30N2O5/c1-25-19-3-2-16(14-18(19)23-7-12-27-13-8-23)20(24)22-17-4-9-28-21(15-17)5-10-26-11-6-21/h2-3,14,17H,4-13,15H2,1H3,(H,22,24). The van der Waals surface area contributed by atoms with E-state index in [1.54, 1.807) is 7.11 Å². The predicted octanol–water partition coefficient (Wildman–Crippen LogP) is 1.99. The summed E-state index contributed by atoms with van der Waals surface area (Å²) < 4.78 is 22.5. The molecule has 0 aromatic heterocycles. The molecule has 3 fully saturated rings. The molecule has 0 radical (unpaired) electrons. The molecule has 1 spiro atoms. The van der Waals surface area contributed by atoms with E-state index in [1.807, 2.05) is 18.2 Å². The average Bonchev–Trinajstić information content (AvgIpc) is 2.74. The van der Waals surface area contributed by atoms with Crippen molar-refractivity contribution >= 4 is 11.6 Å². The second-order valence-corrected chi connectivity index (χ2v) is 7.79. The van der Waals surface area contributed by atoms with Crippen LogP contribution in [0.5, 0.6) is 5.75 Å². The van der Waals surface area contributed by atoms with Crippen LogP contribution in [0, 0.1) is 0 Å². The second kappa shape index (κ2) is 8.68. The van der Waals surface area contributed by atoms with Gasteiger partial charge in [-0.05, 0) is 43.9 Å². The quantitative estimate of drug-likeness (QED) is 0.848. The summed E-state index contributed by atoms with van der Waals surface area (Å²) in [5.41, 5.74) is 1.48. The van der Waals surface area contributed by atoms with Gasteiger partial charge in [-0.1, -0.05) is 0 Å². The van der Waals surface area contributed by atoms with Crippen molar-refractivity contribution < 1.29 is 23.7 Å². The van der Waals surface area contributed by atoms with Crippen molar-refractivity contribution in [3.8, 4) is 5.75 Å². The Bertz CT molecular complexity index is 678. The number of methoxy groups -OCH3 is 1. The lowest BCUT2D eigenvalue weighted by molar-refractivity contribution is -0.139. The predicted molar refractivity (Wildman–Crippen MR) is 105 cm³/mol. The number of ether oxygens (including phenoxy) is 4. The van der Waals surface area contributed by atoms with Gasteiger partial charge in [-0.3, -0.25) is 4.79 Å². The lowest BCUT2D eigenvalue weighted by Gasteiger charge is -2.43. The van der Waals surface area contributed by atoms with Crippen molar-refractivity contribution in [1.82, 2.24) is 5.32 Å². The fourth-order valence-corrected chi connectivity index (χ4v) is 4.39. The smallest absolute Gasteiger partial charge is 0.251 e. The maximum atomic E-state index is 13.0. The topological polar surface area (TPSA) is 69.3 Å². The van der Waals surface area contributed by atoms with Gasteiger partial charge >= 0.3 is 0 Å². The van der Waals surface area contributed by atoms with E-state index in [0.717, 1.165) is 63.4 Å². The number of carbonyl (C=O) groups is 1. The van der Waals surface area contributed by atoms with Gasteiger partial charge in [0.1, 0.15) is 5.75 Å². The van der Waals surface area contributed by atoms with Crippen LogP contribution in [-0.4, -0.2) is 70.8 Å². The summed E-state index contributed by atoms with van der Waals surface area (Å²) in [6.45, 7) is 5.13. The lowest BCUT2D eigenvalue weighted by Crippen LogP contribution is -2.51. The van der Waals surface area contributed by atoms with E-state index in [1.165, 1.54) is 0 Å². The van der Waals surface area contributed by atoms with Crippen LogP contribution in [0.3, 0.4) is 0 Å². The molecule has 7 nitrogen and oxygen atoms in total. The Morgan fingerprint density at radius 2 is 1.89 bits per heavy atom. The van der Waals surface area contributed by atoms with Gasteiger partial charge in [0.05, 0.1) is 31.6 Å². The van der Waals surface area contributed by atoms with E-state index in [4.69, 9.17) is 18.9 Å². The minimum atomic E-state index is -0.132. The van der Waals surface area contributed by atoms with Gasteiger partial charge in [0.25, 0.3) is 5.91 Å². The van der Waals surface area contributed by atoms with Gasteiger partial charge in [-0.15, -0.1) is 0 Å². The third-order valence-corrected chi connectivity index (χ3v) is 6.03. The highest BCUT2D eigenvalue weighted by molar-refractivity contribution is 5.96. The van der Waals surface area contributed by atoms with Crippen LogP contribution in [0.25, 0.3) is 0 Å². The number of rotatable bonds is 4. The first-order valence-corrected chi connectivity index (χ1v) is 10.2. The SMILES string of the molecule is COc1ccc(C(=O)NC2CCOC3(CCOCC3)C2)cc1N1CCOCC1. The van der Waals surface area contributed by atoms with Crippen molar-refractivity contribution in [3.05, 3.63) is 23.8 Å². The van der Waals surface area contributed by atoms with Gasteiger partial charge in [0.2, 0.25) is 0 Å². The summed E-state index contributed by atoms with van der Waals surface area (Å²) in [6.07, 6.45) is 3.52. The van der Waals surface area contributed by atoms with Crippen LogP contribution < -0.4 is 15.0 Å². The number of anilines is 1. The number of morpholine rings is 1. The normalized spacial score (nSPS) is 24.8. The summed E-state index contributed by atoms with van der Waals surface area (Å²) in [5, 5.41) is 3.23. The molecule has 1 amide bonds. The highest BCUT2D eigenvalue weighted by atomic mass is 16.5. The first-order valence-electron chi connectivity index (χ1n) is 10.2. The molecular weight excluding hydrogens is 360 g/mol. The van der Waals surface area contributed by atoms with Crippen LogP contribution in [0.15, 0.2) is 18.2 Å². The molecule has 3 aliphatic heterocycles. The molecule has 28 heavy (non-hydrogen) atoms. The number of hydrogen-bond donors (Lipinski definition) is 1. The van der Waals surface area contributed by atoms with Gasteiger partial charge in [-0.2, -0.15) is 0 Å². The first kappa shape index (κ1) is 19.5. The fraction of sp³-hybridized carbons (Fsp3) is 0.667. The van der Waals surface area contributed by atoms with E-state index in [2.05, 4.69) is 10.2 Å².